The predicted molar refractivity (Wildman–Crippen MR) is 73.2 cm³/mol. The molecule has 2 bridgehead atoms. The Morgan fingerprint density at radius 2 is 2.21 bits per heavy atom. The molecule has 0 N–H and O–H groups in total. The Bertz CT molecular complexity index is 493. The van der Waals surface area contributed by atoms with Gasteiger partial charge in [-0.2, -0.15) is 0 Å². The van der Waals surface area contributed by atoms with E-state index in [-0.39, 0.29) is 5.60 Å². The zero-order chi connectivity index (χ0) is 12.7. The second-order valence-corrected chi connectivity index (χ2v) is 5.93. The fourth-order valence-corrected chi connectivity index (χ4v) is 3.69. The Morgan fingerprint density at radius 3 is 2.89 bits per heavy atom. The highest BCUT2D eigenvalue weighted by Gasteiger charge is 2.51. The summed E-state index contributed by atoms with van der Waals surface area (Å²) >= 11 is 0. The molecule has 1 aromatic heterocycles. The molecule has 0 unspecified atom stereocenters. The molecule has 5 rings (SSSR count). The second-order valence-electron chi connectivity index (χ2n) is 5.93. The summed E-state index contributed by atoms with van der Waals surface area (Å²) < 4.78 is 6.30. The minimum atomic E-state index is -0.0133. The molecule has 0 amide bonds. The number of ether oxygens (including phenoxy) is 1. The van der Waals surface area contributed by atoms with Crippen LogP contribution in [-0.2, 0) is 11.2 Å². The van der Waals surface area contributed by atoms with Gasteiger partial charge in [-0.1, -0.05) is 6.07 Å². The van der Waals surface area contributed by atoms with E-state index in [4.69, 9.17) is 4.74 Å². The van der Waals surface area contributed by atoms with Gasteiger partial charge in [0.25, 0.3) is 0 Å². The lowest BCUT2D eigenvalue weighted by atomic mass is 9.75. The first kappa shape index (κ1) is 11.4. The van der Waals surface area contributed by atoms with Crippen molar-refractivity contribution in [2.75, 3.05) is 26.2 Å². The van der Waals surface area contributed by atoms with E-state index in [0.29, 0.717) is 5.92 Å². The molecule has 1 atom stereocenters. The zero-order valence-corrected chi connectivity index (χ0v) is 11.1. The summed E-state index contributed by atoms with van der Waals surface area (Å²) in [6.45, 7) is 4.39. The lowest BCUT2D eigenvalue weighted by molar-refractivity contribution is -0.0837. The number of piperidine rings is 3. The Kier molecular flexibility index (Phi) is 2.58. The molecular weight excluding hydrogens is 238 g/mol. The maximum Gasteiger partial charge on any atom is 0.190 e. The summed E-state index contributed by atoms with van der Waals surface area (Å²) in [5, 5.41) is 0. The molecule has 0 saturated carbocycles. The van der Waals surface area contributed by atoms with Gasteiger partial charge in [0.2, 0.25) is 0 Å². The summed E-state index contributed by atoms with van der Waals surface area (Å²) in [6.07, 6.45) is 5.10. The highest BCUT2D eigenvalue weighted by Crippen LogP contribution is 2.41. The van der Waals surface area contributed by atoms with Crippen molar-refractivity contribution in [3.05, 3.63) is 30.1 Å². The number of hydrogen-bond acceptors (Lipinski definition) is 4. The van der Waals surface area contributed by atoms with Crippen LogP contribution in [0.25, 0.3) is 0 Å². The highest BCUT2D eigenvalue weighted by molar-refractivity contribution is 5.80. The third kappa shape index (κ3) is 1.94. The number of nitrogens with zero attached hydrogens (tertiary/aromatic N) is 3. The molecule has 4 nitrogen and oxygen atoms in total. The number of aliphatic imine (C=N–C) groups is 1. The predicted octanol–water partition coefficient (Wildman–Crippen LogP) is 1.52. The summed E-state index contributed by atoms with van der Waals surface area (Å²) in [5.74, 6) is 1.58. The van der Waals surface area contributed by atoms with Crippen molar-refractivity contribution in [1.29, 1.82) is 0 Å². The van der Waals surface area contributed by atoms with E-state index in [0.717, 1.165) is 31.1 Å². The van der Waals surface area contributed by atoms with Gasteiger partial charge in [-0.15, -0.1) is 0 Å². The molecule has 19 heavy (non-hydrogen) atoms. The molecule has 100 valence electrons. The maximum atomic E-state index is 6.30. The Labute approximate surface area is 113 Å². The van der Waals surface area contributed by atoms with Crippen LogP contribution in [0, 0.1) is 5.92 Å². The van der Waals surface area contributed by atoms with Gasteiger partial charge in [0.1, 0.15) is 5.60 Å². The highest BCUT2D eigenvalue weighted by atomic mass is 16.5. The average molecular weight is 257 g/mol. The third-order valence-corrected chi connectivity index (χ3v) is 4.73. The van der Waals surface area contributed by atoms with Gasteiger partial charge in [0.15, 0.2) is 5.90 Å². The van der Waals surface area contributed by atoms with Crippen LogP contribution in [0.5, 0.6) is 0 Å². The molecule has 5 heterocycles. The number of pyridine rings is 1. The molecule has 1 spiro atoms. The maximum absolute atomic E-state index is 6.30. The van der Waals surface area contributed by atoms with Crippen LogP contribution in [-0.4, -0.2) is 47.6 Å². The van der Waals surface area contributed by atoms with Crippen LogP contribution in [0.4, 0.5) is 0 Å². The van der Waals surface area contributed by atoms with Crippen molar-refractivity contribution in [3.8, 4) is 0 Å². The Morgan fingerprint density at radius 1 is 1.32 bits per heavy atom. The number of hydrogen-bond donors (Lipinski definition) is 0. The van der Waals surface area contributed by atoms with E-state index in [2.05, 4.69) is 14.9 Å². The first-order chi connectivity index (χ1) is 9.34. The monoisotopic (exact) mass is 257 g/mol. The van der Waals surface area contributed by atoms with Crippen LogP contribution in [0.3, 0.4) is 0 Å². The molecule has 3 saturated heterocycles. The molecule has 3 fully saturated rings. The normalized spacial score (nSPS) is 36.3. The quantitative estimate of drug-likeness (QED) is 0.806. The van der Waals surface area contributed by atoms with E-state index in [1.807, 2.05) is 24.4 Å². The molecule has 0 aromatic carbocycles. The molecule has 0 aliphatic carbocycles. The second kappa shape index (κ2) is 4.30. The van der Waals surface area contributed by atoms with Crippen LogP contribution >= 0.6 is 0 Å². The molecular formula is C15H19N3O. The molecule has 4 heteroatoms. The first-order valence-electron chi connectivity index (χ1n) is 7.19. The summed E-state index contributed by atoms with van der Waals surface area (Å²) in [7, 11) is 0. The van der Waals surface area contributed by atoms with Crippen LogP contribution < -0.4 is 0 Å². The fourth-order valence-electron chi connectivity index (χ4n) is 3.69. The van der Waals surface area contributed by atoms with Gasteiger partial charge in [-0.05, 0) is 38.1 Å². The summed E-state index contributed by atoms with van der Waals surface area (Å²) in [5.41, 5.74) is 1.03. The van der Waals surface area contributed by atoms with Crippen molar-refractivity contribution in [2.24, 2.45) is 10.9 Å². The van der Waals surface area contributed by atoms with Crippen molar-refractivity contribution in [2.45, 2.75) is 24.9 Å². The van der Waals surface area contributed by atoms with E-state index in [9.17, 15) is 0 Å². The Balaban J connectivity index is 1.48. The van der Waals surface area contributed by atoms with Crippen molar-refractivity contribution in [1.82, 2.24) is 9.88 Å². The van der Waals surface area contributed by atoms with Crippen LogP contribution in [0.2, 0.25) is 0 Å². The van der Waals surface area contributed by atoms with E-state index in [1.165, 1.54) is 25.9 Å². The summed E-state index contributed by atoms with van der Waals surface area (Å²) in [4.78, 5) is 11.5. The molecule has 4 aliphatic heterocycles. The SMILES string of the molecule is c1ccc(CC2=NC[C@@]3(CN4CCC3CC4)O2)nc1. The topological polar surface area (TPSA) is 37.7 Å². The van der Waals surface area contributed by atoms with Gasteiger partial charge >= 0.3 is 0 Å². The molecule has 1 aromatic rings. The average Bonchev–Trinajstić information content (AvgIpc) is 2.84. The zero-order valence-electron chi connectivity index (χ0n) is 11.1. The number of fused-ring (bicyclic) bond motifs is 2. The van der Waals surface area contributed by atoms with Crippen molar-refractivity contribution in [3.63, 3.8) is 0 Å². The smallest absolute Gasteiger partial charge is 0.190 e. The molecule has 4 aliphatic rings. The minimum Gasteiger partial charge on any atom is -0.471 e. The minimum absolute atomic E-state index is 0.0133. The van der Waals surface area contributed by atoms with Gasteiger partial charge in [0.05, 0.1) is 13.0 Å². The summed E-state index contributed by atoms with van der Waals surface area (Å²) in [6, 6.07) is 5.99. The standard InChI is InChI=1S/C15H19N3O/c1-2-6-16-13(3-1)9-14-17-10-15(19-14)11-18-7-4-12(15)5-8-18/h1-3,6,12H,4-5,7-11H2/t15-/m0/s1. The van der Waals surface area contributed by atoms with Crippen LogP contribution in [0.15, 0.2) is 29.4 Å². The van der Waals surface area contributed by atoms with Gasteiger partial charge in [0, 0.05) is 24.4 Å². The lowest BCUT2D eigenvalue weighted by Crippen LogP contribution is -2.60. The van der Waals surface area contributed by atoms with E-state index < -0.39 is 0 Å². The van der Waals surface area contributed by atoms with Crippen molar-refractivity contribution >= 4 is 5.90 Å². The van der Waals surface area contributed by atoms with Gasteiger partial charge in [-0.25, -0.2) is 0 Å². The Hall–Kier alpha value is -1.42. The largest absolute Gasteiger partial charge is 0.471 e. The molecule has 0 radical (unpaired) electrons. The van der Waals surface area contributed by atoms with E-state index >= 15 is 0 Å². The van der Waals surface area contributed by atoms with Crippen LogP contribution in [0.1, 0.15) is 18.5 Å². The first-order valence-corrected chi connectivity index (χ1v) is 7.19. The number of aromatic nitrogens is 1. The fraction of sp³-hybridized carbons (Fsp3) is 0.600. The van der Waals surface area contributed by atoms with Gasteiger partial charge in [-0.3, -0.25) is 14.9 Å². The van der Waals surface area contributed by atoms with E-state index in [1.54, 1.807) is 0 Å². The van der Waals surface area contributed by atoms with Gasteiger partial charge < -0.3 is 4.74 Å². The third-order valence-electron chi connectivity index (χ3n) is 4.73. The number of rotatable bonds is 2. The van der Waals surface area contributed by atoms with Crippen molar-refractivity contribution < 1.29 is 4.74 Å². The lowest BCUT2D eigenvalue weighted by Gasteiger charge is -2.50.